The van der Waals surface area contributed by atoms with Crippen molar-refractivity contribution in [2.45, 2.75) is 67.5 Å². The Hall–Kier alpha value is -2.83. The first kappa shape index (κ1) is 27.4. The lowest BCUT2D eigenvalue weighted by atomic mass is 10.1. The molecule has 0 unspecified atom stereocenters. The highest BCUT2D eigenvalue weighted by atomic mass is 16.5. The summed E-state index contributed by atoms with van der Waals surface area (Å²) in [6.07, 6.45) is 0.699. The fourth-order valence-corrected chi connectivity index (χ4v) is 4.08. The average Bonchev–Trinajstić information content (AvgIpc) is 3.08. The van der Waals surface area contributed by atoms with Crippen molar-refractivity contribution >= 4 is 11.8 Å². The molecular formula is C27H42N4O3. The van der Waals surface area contributed by atoms with Crippen molar-refractivity contribution in [3.05, 3.63) is 46.8 Å². The van der Waals surface area contributed by atoms with Crippen molar-refractivity contribution in [3.8, 4) is 5.75 Å². The van der Waals surface area contributed by atoms with Crippen LogP contribution in [-0.4, -0.2) is 51.6 Å². The number of benzene rings is 1. The molecule has 0 aliphatic rings. The summed E-state index contributed by atoms with van der Waals surface area (Å²) < 4.78 is 7.26. The van der Waals surface area contributed by atoms with E-state index in [1.165, 1.54) is 0 Å². The first-order valence-corrected chi connectivity index (χ1v) is 12.2. The molecule has 2 rings (SSSR count). The lowest BCUT2D eigenvalue weighted by Crippen LogP contribution is -2.40. The third-order valence-corrected chi connectivity index (χ3v) is 5.80. The second-order valence-corrected chi connectivity index (χ2v) is 9.91. The molecule has 0 saturated carbocycles. The summed E-state index contributed by atoms with van der Waals surface area (Å²) >= 11 is 0. The van der Waals surface area contributed by atoms with Crippen LogP contribution in [0.1, 0.15) is 63.6 Å². The van der Waals surface area contributed by atoms with Gasteiger partial charge in [-0.3, -0.25) is 14.3 Å². The van der Waals surface area contributed by atoms with Crippen molar-refractivity contribution in [3.63, 3.8) is 0 Å². The van der Waals surface area contributed by atoms with E-state index in [0.717, 1.165) is 34.7 Å². The third kappa shape index (κ3) is 7.89. The molecule has 7 heteroatoms. The molecule has 0 saturated heterocycles. The smallest absolute Gasteiger partial charge is 0.232 e. The molecule has 34 heavy (non-hydrogen) atoms. The molecule has 0 N–H and O–H groups in total. The largest absolute Gasteiger partial charge is 0.496 e. The zero-order chi connectivity index (χ0) is 25.4. The number of hydrogen-bond donors (Lipinski definition) is 0. The second-order valence-electron chi connectivity index (χ2n) is 9.91. The van der Waals surface area contributed by atoms with Gasteiger partial charge in [0.15, 0.2) is 0 Å². The first-order chi connectivity index (χ1) is 16.0. The second kappa shape index (κ2) is 12.6. The van der Waals surface area contributed by atoms with Crippen molar-refractivity contribution in [2.24, 2.45) is 18.9 Å². The van der Waals surface area contributed by atoms with Crippen LogP contribution in [0.3, 0.4) is 0 Å². The molecule has 0 aliphatic carbocycles. The zero-order valence-electron chi connectivity index (χ0n) is 22.2. The van der Waals surface area contributed by atoms with Gasteiger partial charge in [-0.05, 0) is 48.4 Å². The summed E-state index contributed by atoms with van der Waals surface area (Å²) in [5.74, 6) is 1.24. The molecule has 0 radical (unpaired) electrons. The van der Waals surface area contributed by atoms with Gasteiger partial charge in [-0.1, -0.05) is 46.8 Å². The zero-order valence-corrected chi connectivity index (χ0v) is 22.2. The minimum Gasteiger partial charge on any atom is -0.496 e. The quantitative estimate of drug-likeness (QED) is 0.432. The number of hydrogen-bond acceptors (Lipinski definition) is 4. The monoisotopic (exact) mass is 470 g/mol. The molecule has 0 bridgehead atoms. The molecule has 0 spiro atoms. The maximum Gasteiger partial charge on any atom is 0.232 e. The van der Waals surface area contributed by atoms with E-state index in [9.17, 15) is 9.59 Å². The van der Waals surface area contributed by atoms with E-state index in [-0.39, 0.29) is 18.2 Å². The molecule has 2 amide bonds. The molecule has 2 aromatic rings. The maximum absolute atomic E-state index is 13.4. The molecule has 7 nitrogen and oxygen atoms in total. The lowest BCUT2D eigenvalue weighted by molar-refractivity contribution is -0.142. The maximum atomic E-state index is 13.4. The topological polar surface area (TPSA) is 67.7 Å². The Morgan fingerprint density at radius 1 is 1.00 bits per heavy atom. The van der Waals surface area contributed by atoms with Gasteiger partial charge in [0.2, 0.25) is 11.8 Å². The van der Waals surface area contributed by atoms with Gasteiger partial charge in [0.1, 0.15) is 12.2 Å². The summed E-state index contributed by atoms with van der Waals surface area (Å²) in [4.78, 5) is 30.1. The van der Waals surface area contributed by atoms with E-state index in [4.69, 9.17) is 4.74 Å². The fraction of sp³-hybridized carbons (Fsp3) is 0.593. The van der Waals surface area contributed by atoms with Crippen LogP contribution in [-0.2, 0) is 36.1 Å². The highest BCUT2D eigenvalue weighted by molar-refractivity contribution is 5.96. The van der Waals surface area contributed by atoms with E-state index in [1.54, 1.807) is 16.7 Å². The van der Waals surface area contributed by atoms with Crippen LogP contribution in [0.15, 0.2) is 24.3 Å². The van der Waals surface area contributed by atoms with Gasteiger partial charge in [0, 0.05) is 32.4 Å². The number of nitrogens with zero attached hydrogens (tertiary/aromatic N) is 4. The number of methoxy groups -OCH3 is 1. The van der Waals surface area contributed by atoms with Gasteiger partial charge in [0.05, 0.1) is 19.3 Å². The van der Waals surface area contributed by atoms with Gasteiger partial charge < -0.3 is 14.5 Å². The minimum absolute atomic E-state index is 0.112. The summed E-state index contributed by atoms with van der Waals surface area (Å²) in [5.41, 5.74) is 3.94. The number of carbonyl (C=O) groups is 2. The Kier molecular flexibility index (Phi) is 10.1. The number of rotatable bonds is 12. The van der Waals surface area contributed by atoms with E-state index in [2.05, 4.69) is 45.8 Å². The van der Waals surface area contributed by atoms with Crippen LogP contribution >= 0.6 is 0 Å². The Morgan fingerprint density at radius 3 is 2.12 bits per heavy atom. The van der Waals surface area contributed by atoms with Gasteiger partial charge in [-0.15, -0.1) is 0 Å². The van der Waals surface area contributed by atoms with E-state index in [1.807, 2.05) is 37.1 Å². The molecule has 1 aromatic carbocycles. The molecule has 0 aliphatic heterocycles. The highest BCUT2D eigenvalue weighted by Gasteiger charge is 2.24. The minimum atomic E-state index is -0.181. The Bertz CT molecular complexity index is 935. The molecule has 1 heterocycles. The number of carbonyl (C=O) groups excluding carboxylic acids is 2. The molecule has 188 valence electrons. The summed E-state index contributed by atoms with van der Waals surface area (Å²) in [7, 11) is 3.56. The summed E-state index contributed by atoms with van der Waals surface area (Å²) in [6.45, 7) is 14.5. The molecular weight excluding hydrogens is 428 g/mol. The Morgan fingerprint density at radius 2 is 1.62 bits per heavy atom. The van der Waals surface area contributed by atoms with Crippen LogP contribution in [0.5, 0.6) is 5.75 Å². The van der Waals surface area contributed by atoms with E-state index < -0.39 is 0 Å². The Balaban J connectivity index is 2.27. The van der Waals surface area contributed by atoms with Crippen molar-refractivity contribution in [1.29, 1.82) is 0 Å². The van der Waals surface area contributed by atoms with Crippen LogP contribution in [0.4, 0.5) is 0 Å². The van der Waals surface area contributed by atoms with Crippen LogP contribution in [0.25, 0.3) is 0 Å². The van der Waals surface area contributed by atoms with Crippen molar-refractivity contribution < 1.29 is 14.3 Å². The fourth-order valence-electron chi connectivity index (χ4n) is 4.08. The average molecular weight is 471 g/mol. The van der Waals surface area contributed by atoms with E-state index in [0.29, 0.717) is 38.0 Å². The standard InChI is InChI=1S/C27H42N4O3/c1-9-23-13-22(10-11-25(23)34-8)17-31(18-24-12-21(6)29(7)28-24)27(33)14-26(32)30(15-19(2)3)16-20(4)5/h10-13,19-20H,9,14-18H2,1-8H3. The predicted molar refractivity (Wildman–Crippen MR) is 135 cm³/mol. The van der Waals surface area contributed by atoms with E-state index >= 15 is 0 Å². The highest BCUT2D eigenvalue weighted by Crippen LogP contribution is 2.22. The van der Waals surface area contributed by atoms with Gasteiger partial charge in [-0.25, -0.2) is 0 Å². The summed E-state index contributed by atoms with van der Waals surface area (Å²) in [6, 6.07) is 7.99. The van der Waals surface area contributed by atoms with Gasteiger partial charge in [-0.2, -0.15) is 5.10 Å². The number of ether oxygens (including phenoxy) is 1. The normalized spacial score (nSPS) is 11.2. The van der Waals surface area contributed by atoms with Crippen LogP contribution in [0.2, 0.25) is 0 Å². The number of aromatic nitrogens is 2. The number of aryl methyl sites for hydroxylation is 3. The number of amides is 2. The molecule has 0 fully saturated rings. The Labute approximate surface area is 205 Å². The molecule has 0 atom stereocenters. The summed E-state index contributed by atoms with van der Waals surface area (Å²) in [5, 5.41) is 4.54. The van der Waals surface area contributed by atoms with Crippen molar-refractivity contribution in [2.75, 3.05) is 20.2 Å². The van der Waals surface area contributed by atoms with Gasteiger partial charge >= 0.3 is 0 Å². The van der Waals surface area contributed by atoms with Crippen molar-refractivity contribution in [1.82, 2.24) is 19.6 Å². The van der Waals surface area contributed by atoms with Crippen LogP contribution < -0.4 is 4.74 Å². The third-order valence-electron chi connectivity index (χ3n) is 5.80. The predicted octanol–water partition coefficient (Wildman–Crippen LogP) is 4.36. The lowest BCUT2D eigenvalue weighted by Gasteiger charge is -2.28. The van der Waals surface area contributed by atoms with Gasteiger partial charge in [0.25, 0.3) is 0 Å². The molecule has 1 aromatic heterocycles. The SMILES string of the molecule is CCc1cc(CN(Cc2cc(C)n(C)n2)C(=O)CC(=O)N(CC(C)C)CC(C)C)ccc1OC. The first-order valence-electron chi connectivity index (χ1n) is 12.2. The van der Waals surface area contributed by atoms with Crippen LogP contribution in [0, 0.1) is 18.8 Å².